The highest BCUT2D eigenvalue weighted by Crippen LogP contribution is 2.27. The Morgan fingerprint density at radius 3 is 2.67 bits per heavy atom. The summed E-state index contributed by atoms with van der Waals surface area (Å²) in [5.74, 6) is 0.424. The summed E-state index contributed by atoms with van der Waals surface area (Å²) < 4.78 is 2.01. The van der Waals surface area contributed by atoms with Gasteiger partial charge in [0.1, 0.15) is 11.9 Å². The van der Waals surface area contributed by atoms with Crippen molar-refractivity contribution in [3.63, 3.8) is 0 Å². The first-order valence-corrected chi connectivity index (χ1v) is 10.7. The summed E-state index contributed by atoms with van der Waals surface area (Å²) in [4.78, 5) is 16.1. The highest BCUT2D eigenvalue weighted by atomic mass is 32.1. The summed E-state index contributed by atoms with van der Waals surface area (Å²) in [5, 5.41) is 14.8. The highest BCUT2D eigenvalue weighted by Gasteiger charge is 2.21. The van der Waals surface area contributed by atoms with E-state index in [2.05, 4.69) is 24.0 Å². The molecule has 5 nitrogen and oxygen atoms in total. The molecule has 0 atom stereocenters. The van der Waals surface area contributed by atoms with Crippen molar-refractivity contribution in [1.82, 2.24) is 9.47 Å². The van der Waals surface area contributed by atoms with Crippen LogP contribution in [0.2, 0.25) is 0 Å². The van der Waals surface area contributed by atoms with Crippen LogP contribution in [-0.4, -0.2) is 28.5 Å². The van der Waals surface area contributed by atoms with E-state index in [0.29, 0.717) is 31.0 Å². The molecule has 2 heterocycles. The van der Waals surface area contributed by atoms with Gasteiger partial charge < -0.3 is 9.88 Å². The van der Waals surface area contributed by atoms with E-state index in [9.17, 15) is 10.1 Å². The molecule has 3 rings (SSSR count). The summed E-state index contributed by atoms with van der Waals surface area (Å²) in [6.07, 6.45) is 1.80. The van der Waals surface area contributed by atoms with Gasteiger partial charge in [0, 0.05) is 30.2 Å². The number of rotatable bonds is 9. The molecule has 0 saturated heterocycles. The molecule has 154 valence electrons. The van der Waals surface area contributed by atoms with E-state index in [1.807, 2.05) is 65.1 Å². The van der Waals surface area contributed by atoms with Crippen molar-refractivity contribution in [3.05, 3.63) is 87.8 Å². The number of benzene rings is 1. The standard InChI is InChI=1S/C24H26N4OS/c1-4-12-27(16-21-11-8-13-30-21)17-23(29)26-24-22(14-25)18(2)19(3)28(24)15-20-9-6-5-7-10-20/h4-11,13H,1,12,15-17H2,2-3H3,(H,26,29). The van der Waals surface area contributed by atoms with Crippen LogP contribution in [0.5, 0.6) is 0 Å². The lowest BCUT2D eigenvalue weighted by atomic mass is 10.2. The Morgan fingerprint density at radius 2 is 2.03 bits per heavy atom. The van der Waals surface area contributed by atoms with Crippen molar-refractivity contribution in [2.45, 2.75) is 26.9 Å². The van der Waals surface area contributed by atoms with Crippen molar-refractivity contribution < 1.29 is 4.79 Å². The summed E-state index contributed by atoms with van der Waals surface area (Å²) >= 11 is 1.67. The first-order chi connectivity index (χ1) is 14.5. The summed E-state index contributed by atoms with van der Waals surface area (Å²) in [6, 6.07) is 16.4. The number of hydrogen-bond acceptors (Lipinski definition) is 4. The number of nitrogens with zero attached hydrogens (tertiary/aromatic N) is 3. The summed E-state index contributed by atoms with van der Waals surface area (Å²) in [6.45, 7) is 9.83. The molecule has 3 aromatic rings. The summed E-state index contributed by atoms with van der Waals surface area (Å²) in [5.41, 5.74) is 3.50. The minimum atomic E-state index is -0.142. The lowest BCUT2D eigenvalue weighted by Gasteiger charge is -2.20. The monoisotopic (exact) mass is 418 g/mol. The van der Waals surface area contributed by atoms with E-state index in [4.69, 9.17) is 0 Å². The number of nitrogens with one attached hydrogen (secondary N) is 1. The number of anilines is 1. The van der Waals surface area contributed by atoms with Gasteiger partial charge in [-0.2, -0.15) is 5.26 Å². The third-order valence-corrected chi connectivity index (χ3v) is 5.96. The van der Waals surface area contributed by atoms with E-state index < -0.39 is 0 Å². The van der Waals surface area contributed by atoms with Crippen LogP contribution in [0, 0.1) is 25.2 Å². The van der Waals surface area contributed by atoms with E-state index >= 15 is 0 Å². The quantitative estimate of drug-likeness (QED) is 0.512. The Balaban J connectivity index is 1.81. The molecule has 0 saturated carbocycles. The number of nitriles is 1. The van der Waals surface area contributed by atoms with Gasteiger partial charge in [0.05, 0.1) is 12.1 Å². The Bertz CT molecular complexity index is 1050. The molecule has 2 aromatic heterocycles. The van der Waals surface area contributed by atoms with Crippen molar-refractivity contribution in [1.29, 1.82) is 5.26 Å². The molecule has 0 bridgehead atoms. The minimum absolute atomic E-state index is 0.142. The van der Waals surface area contributed by atoms with Gasteiger partial charge in [-0.1, -0.05) is 42.5 Å². The maximum absolute atomic E-state index is 12.9. The number of aromatic nitrogens is 1. The lowest BCUT2D eigenvalue weighted by Crippen LogP contribution is -2.33. The molecular weight excluding hydrogens is 392 g/mol. The second kappa shape index (κ2) is 10.1. The number of amides is 1. The average Bonchev–Trinajstić information content (AvgIpc) is 3.31. The molecular formula is C24H26N4OS. The first kappa shape index (κ1) is 21.6. The lowest BCUT2D eigenvalue weighted by molar-refractivity contribution is -0.117. The van der Waals surface area contributed by atoms with Crippen LogP contribution >= 0.6 is 11.3 Å². The third-order valence-electron chi connectivity index (χ3n) is 5.10. The summed E-state index contributed by atoms with van der Waals surface area (Å²) in [7, 11) is 0. The molecule has 0 unspecified atom stereocenters. The molecule has 1 aromatic carbocycles. The van der Waals surface area contributed by atoms with Crippen molar-refractivity contribution in [2.75, 3.05) is 18.4 Å². The number of carbonyl (C=O) groups excluding carboxylic acids is 1. The molecule has 1 N–H and O–H groups in total. The van der Waals surface area contributed by atoms with Gasteiger partial charge in [-0.25, -0.2) is 0 Å². The largest absolute Gasteiger partial charge is 0.326 e. The van der Waals surface area contributed by atoms with E-state index in [1.165, 1.54) is 4.88 Å². The molecule has 1 amide bonds. The molecule has 0 aliphatic heterocycles. The maximum Gasteiger partial charge on any atom is 0.239 e. The predicted octanol–water partition coefficient (Wildman–Crippen LogP) is 4.71. The molecule has 0 aliphatic rings. The molecule has 0 spiro atoms. The van der Waals surface area contributed by atoms with Gasteiger partial charge in [-0.15, -0.1) is 17.9 Å². The van der Waals surface area contributed by atoms with Gasteiger partial charge in [-0.3, -0.25) is 9.69 Å². The average molecular weight is 419 g/mol. The number of carbonyl (C=O) groups is 1. The normalized spacial score (nSPS) is 10.7. The Labute approximate surface area is 181 Å². The van der Waals surface area contributed by atoms with Crippen molar-refractivity contribution in [2.24, 2.45) is 0 Å². The van der Waals surface area contributed by atoms with Crippen LogP contribution < -0.4 is 5.32 Å². The second-order valence-corrected chi connectivity index (χ2v) is 8.24. The third kappa shape index (κ3) is 5.07. The van der Waals surface area contributed by atoms with E-state index in [0.717, 1.165) is 16.8 Å². The van der Waals surface area contributed by atoms with Gasteiger partial charge in [0.25, 0.3) is 0 Å². The number of thiophene rings is 1. The molecule has 0 aliphatic carbocycles. The minimum Gasteiger partial charge on any atom is -0.326 e. The first-order valence-electron chi connectivity index (χ1n) is 9.82. The zero-order valence-corrected chi connectivity index (χ0v) is 18.2. The second-order valence-electron chi connectivity index (χ2n) is 7.20. The maximum atomic E-state index is 12.9. The number of hydrogen-bond donors (Lipinski definition) is 1. The SMILES string of the molecule is C=CCN(CC(=O)Nc1c(C#N)c(C)c(C)n1Cc1ccccc1)Cc1cccs1. The molecule has 30 heavy (non-hydrogen) atoms. The van der Waals surface area contributed by atoms with E-state index in [1.54, 1.807) is 17.4 Å². The predicted molar refractivity (Wildman–Crippen MR) is 123 cm³/mol. The fraction of sp³-hybridized carbons (Fsp3) is 0.250. The van der Waals surface area contributed by atoms with Gasteiger partial charge in [0.2, 0.25) is 5.91 Å². The van der Waals surface area contributed by atoms with E-state index in [-0.39, 0.29) is 12.5 Å². The van der Waals surface area contributed by atoms with Crippen LogP contribution in [0.4, 0.5) is 5.82 Å². The van der Waals surface area contributed by atoms with Crippen molar-refractivity contribution >= 4 is 23.1 Å². The van der Waals surface area contributed by atoms with Crippen LogP contribution in [-0.2, 0) is 17.9 Å². The van der Waals surface area contributed by atoms with Crippen LogP contribution in [0.3, 0.4) is 0 Å². The molecule has 0 radical (unpaired) electrons. The topological polar surface area (TPSA) is 61.1 Å². The zero-order valence-electron chi connectivity index (χ0n) is 17.4. The molecule has 0 fully saturated rings. The van der Waals surface area contributed by atoms with Gasteiger partial charge in [0.15, 0.2) is 0 Å². The van der Waals surface area contributed by atoms with Crippen molar-refractivity contribution in [3.8, 4) is 6.07 Å². The zero-order chi connectivity index (χ0) is 21.5. The fourth-order valence-electron chi connectivity index (χ4n) is 3.46. The fourth-order valence-corrected chi connectivity index (χ4v) is 4.21. The Hall–Kier alpha value is -3.14. The highest BCUT2D eigenvalue weighted by molar-refractivity contribution is 7.09. The Kier molecular flexibility index (Phi) is 7.23. The molecule has 6 heteroatoms. The van der Waals surface area contributed by atoms with Gasteiger partial charge >= 0.3 is 0 Å². The van der Waals surface area contributed by atoms with Crippen LogP contribution in [0.1, 0.15) is 27.3 Å². The Morgan fingerprint density at radius 1 is 1.27 bits per heavy atom. The van der Waals surface area contributed by atoms with Gasteiger partial charge in [-0.05, 0) is 36.4 Å². The smallest absolute Gasteiger partial charge is 0.239 e. The van der Waals surface area contributed by atoms with Crippen LogP contribution in [0.25, 0.3) is 0 Å². The van der Waals surface area contributed by atoms with Crippen LogP contribution in [0.15, 0.2) is 60.5 Å².